The minimum absolute atomic E-state index is 0.184. The molecule has 6 amide bonds. The molecule has 78 heavy (non-hydrogen) atoms. The second-order valence-corrected chi connectivity index (χ2v) is 20.1. The molecule has 414 valence electrons. The predicted octanol–water partition coefficient (Wildman–Crippen LogP) is 8.30. The third-order valence-corrected chi connectivity index (χ3v) is 14.0. The molecule has 1 unspecified atom stereocenters. The number of rotatable bonds is 17. The molecule has 0 spiro atoms. The fourth-order valence-electron chi connectivity index (χ4n) is 9.98. The van der Waals surface area contributed by atoms with E-state index in [0.717, 1.165) is 66.3 Å². The zero-order valence-electron chi connectivity index (χ0n) is 45.5. The number of cyclic esters (lactones) is 2. The first-order chi connectivity index (χ1) is 37.8. The molecule has 0 aliphatic carbocycles. The number of ether oxygens (including phenoxy) is 5. The Hall–Kier alpha value is -7.79. The molecule has 4 aliphatic rings. The van der Waals surface area contributed by atoms with Crippen LogP contribution >= 0.6 is 0 Å². The second-order valence-electron chi connectivity index (χ2n) is 20.1. The molecule has 4 aromatic heterocycles. The first-order valence-corrected chi connectivity index (χ1v) is 26.6. The maximum absolute atomic E-state index is 13.5. The highest BCUT2D eigenvalue weighted by molar-refractivity contribution is 6.02. The summed E-state index contributed by atoms with van der Waals surface area (Å²) in [6.45, 7) is 10.6. The molecule has 2 saturated heterocycles. The normalized spacial score (nSPS) is 16.5. The Bertz CT molecular complexity index is 2890. The van der Waals surface area contributed by atoms with Gasteiger partial charge in [-0.15, -0.1) is 0 Å². The van der Waals surface area contributed by atoms with Crippen LogP contribution in [0.5, 0.6) is 0 Å². The summed E-state index contributed by atoms with van der Waals surface area (Å²) in [5.41, 5.74) is 6.67. The molecular formula is C56H70N12O10. The SMILES string of the molecule is COC[C@@H](C)Cc1cc(NC(=O)N2CCCc3cc(CN4CCCCOC4=O)c(C(C)OC)nc32)ncc1C#N.COC[C@@H](C)Cc1cc(NC(=O)N2CCCc3cc(CN4CCCCOC4=O)c(C=O)nc32)ncc1C#N. The van der Waals surface area contributed by atoms with Gasteiger partial charge in [-0.05, 0) is 135 Å². The van der Waals surface area contributed by atoms with Crippen LogP contribution in [0.2, 0.25) is 0 Å². The zero-order valence-corrected chi connectivity index (χ0v) is 45.5. The number of hydrogen-bond acceptors (Lipinski definition) is 16. The van der Waals surface area contributed by atoms with Gasteiger partial charge in [-0.2, -0.15) is 10.5 Å². The number of aldehydes is 1. The van der Waals surface area contributed by atoms with Crippen molar-refractivity contribution in [2.45, 2.75) is 104 Å². The molecular weight excluding hydrogens is 1000 g/mol. The Labute approximate surface area is 455 Å². The van der Waals surface area contributed by atoms with E-state index in [1.165, 1.54) is 17.3 Å². The monoisotopic (exact) mass is 1070 g/mol. The molecule has 0 saturated carbocycles. The lowest BCUT2D eigenvalue weighted by molar-refractivity contribution is 0.107. The van der Waals surface area contributed by atoms with Gasteiger partial charge in [0.25, 0.3) is 0 Å². The van der Waals surface area contributed by atoms with Gasteiger partial charge in [0.2, 0.25) is 0 Å². The molecule has 3 atom stereocenters. The van der Waals surface area contributed by atoms with E-state index < -0.39 is 12.1 Å². The van der Waals surface area contributed by atoms with Crippen LogP contribution in [-0.2, 0) is 62.5 Å². The lowest BCUT2D eigenvalue weighted by Gasteiger charge is -2.31. The van der Waals surface area contributed by atoms with Crippen molar-refractivity contribution in [3.05, 3.63) is 92.6 Å². The molecule has 2 N–H and O–H groups in total. The quantitative estimate of drug-likeness (QED) is 0.0941. The number of nitrogens with zero attached hydrogens (tertiary/aromatic N) is 10. The Kier molecular flexibility index (Phi) is 20.8. The first-order valence-electron chi connectivity index (χ1n) is 26.6. The molecule has 0 radical (unpaired) electrons. The number of methoxy groups -OCH3 is 3. The van der Waals surface area contributed by atoms with Gasteiger partial charge in [0.15, 0.2) is 6.29 Å². The maximum Gasteiger partial charge on any atom is 0.410 e. The fraction of sp³-hybridized carbons (Fsp3) is 0.518. The highest BCUT2D eigenvalue weighted by Gasteiger charge is 2.31. The number of nitrogens with one attached hydrogen (secondary N) is 2. The Morgan fingerprint density at radius 3 is 1.60 bits per heavy atom. The third kappa shape index (κ3) is 14.8. The van der Waals surface area contributed by atoms with Gasteiger partial charge in [-0.3, -0.25) is 25.2 Å². The van der Waals surface area contributed by atoms with Crippen molar-refractivity contribution in [2.75, 3.05) is 94.4 Å². The number of fused-ring (bicyclic) bond motifs is 2. The number of hydrogen-bond donors (Lipinski definition) is 2. The van der Waals surface area contributed by atoms with E-state index in [-0.39, 0.29) is 42.3 Å². The summed E-state index contributed by atoms with van der Waals surface area (Å²) in [5.74, 6) is 2.08. The van der Waals surface area contributed by atoms with Crippen LogP contribution in [0.15, 0.2) is 36.7 Å². The van der Waals surface area contributed by atoms with Crippen molar-refractivity contribution >= 4 is 53.8 Å². The molecule has 4 aromatic rings. The number of nitriles is 2. The lowest BCUT2D eigenvalue weighted by atomic mass is 9.99. The van der Waals surface area contributed by atoms with Crippen LogP contribution in [0.1, 0.15) is 126 Å². The average Bonchev–Trinajstić information content (AvgIpc) is 3.85. The molecule has 8 heterocycles. The van der Waals surface area contributed by atoms with Crippen LogP contribution in [0.3, 0.4) is 0 Å². The zero-order chi connectivity index (χ0) is 55.7. The van der Waals surface area contributed by atoms with E-state index >= 15 is 0 Å². The van der Waals surface area contributed by atoms with Crippen LogP contribution in [-0.4, -0.2) is 134 Å². The number of carbonyl (C=O) groups is 5. The standard InChI is InChI=1S/C29H38N6O5.C27H32N6O5/c1-19(18-38-3)12-22-14-25(31-16-24(22)15-30)32-28(36)35-10-7-8-21-13-23(26(20(2)39-4)33-27(21)35)17-34-9-5-6-11-40-29(34)37;1-18(17-37-2)10-20-12-24(29-14-22(20)13-28)31-26(35)33-8-5-6-19-11-21(23(16-34)30-25(19)33)15-32-7-3-4-9-38-27(32)36/h13-14,16,19-20H,5-12,17-18H2,1-4H3,(H,31,32,36);11-12,14,16,18H,3-10,15,17H2,1-2H3,(H,29,31,35)/t19-,20?;18-/m00/s1. The number of anilines is 4. The minimum atomic E-state index is -0.424. The van der Waals surface area contributed by atoms with Gasteiger partial charge in [-0.1, -0.05) is 13.8 Å². The largest absolute Gasteiger partial charge is 0.449 e. The Morgan fingerprint density at radius 2 is 1.14 bits per heavy atom. The van der Waals surface area contributed by atoms with Crippen molar-refractivity contribution in [1.29, 1.82) is 10.5 Å². The average molecular weight is 1070 g/mol. The summed E-state index contributed by atoms with van der Waals surface area (Å²) >= 11 is 0. The molecule has 0 aromatic carbocycles. The smallest absolute Gasteiger partial charge is 0.410 e. The minimum Gasteiger partial charge on any atom is -0.449 e. The lowest BCUT2D eigenvalue weighted by Crippen LogP contribution is -2.40. The van der Waals surface area contributed by atoms with Crippen molar-refractivity contribution in [3.63, 3.8) is 0 Å². The number of amides is 6. The highest BCUT2D eigenvalue weighted by atomic mass is 16.6. The van der Waals surface area contributed by atoms with E-state index in [2.05, 4.69) is 37.7 Å². The molecule has 22 heteroatoms. The Morgan fingerprint density at radius 1 is 0.667 bits per heavy atom. The third-order valence-electron chi connectivity index (χ3n) is 14.0. The van der Waals surface area contributed by atoms with E-state index in [4.69, 9.17) is 28.7 Å². The van der Waals surface area contributed by atoms with E-state index in [9.17, 15) is 34.5 Å². The number of aryl methyl sites for hydroxylation is 2. The van der Waals surface area contributed by atoms with Gasteiger partial charge in [-0.25, -0.2) is 39.1 Å². The summed E-state index contributed by atoms with van der Waals surface area (Å²) in [6.07, 6.45) is 10.1. The summed E-state index contributed by atoms with van der Waals surface area (Å²) in [5, 5.41) is 24.7. The van der Waals surface area contributed by atoms with Crippen molar-refractivity contribution < 1.29 is 47.7 Å². The van der Waals surface area contributed by atoms with E-state index in [1.807, 2.05) is 32.9 Å². The number of carbonyl (C=O) groups excluding carboxylic acids is 5. The van der Waals surface area contributed by atoms with Gasteiger partial charge in [0.05, 0.1) is 49.2 Å². The van der Waals surface area contributed by atoms with Gasteiger partial charge < -0.3 is 33.5 Å². The molecule has 2 fully saturated rings. The Balaban J connectivity index is 0.000000226. The van der Waals surface area contributed by atoms with Crippen LogP contribution < -0.4 is 20.4 Å². The van der Waals surface area contributed by atoms with Crippen LogP contribution in [0.25, 0.3) is 0 Å². The summed E-state index contributed by atoms with van der Waals surface area (Å²) in [6, 6.07) is 10.9. The predicted molar refractivity (Wildman–Crippen MR) is 288 cm³/mol. The fourth-order valence-corrected chi connectivity index (χ4v) is 9.98. The van der Waals surface area contributed by atoms with Gasteiger partial charge >= 0.3 is 24.2 Å². The van der Waals surface area contributed by atoms with Crippen molar-refractivity contribution in [2.24, 2.45) is 11.8 Å². The molecule has 22 nitrogen and oxygen atoms in total. The maximum atomic E-state index is 13.5. The number of urea groups is 2. The number of aromatic nitrogens is 4. The number of pyridine rings is 4. The summed E-state index contributed by atoms with van der Waals surface area (Å²) < 4.78 is 26.6. The summed E-state index contributed by atoms with van der Waals surface area (Å²) in [4.78, 5) is 87.9. The first kappa shape index (κ1) is 57.9. The highest BCUT2D eigenvalue weighted by Crippen LogP contribution is 2.33. The van der Waals surface area contributed by atoms with E-state index in [1.54, 1.807) is 48.2 Å². The van der Waals surface area contributed by atoms with Crippen molar-refractivity contribution in [3.8, 4) is 12.1 Å². The topological polar surface area (TPSA) is 268 Å². The molecule has 0 bridgehead atoms. The summed E-state index contributed by atoms with van der Waals surface area (Å²) in [7, 11) is 4.89. The second kappa shape index (κ2) is 28.0. The van der Waals surface area contributed by atoms with Crippen LogP contribution in [0.4, 0.5) is 42.4 Å². The molecule has 8 rings (SSSR count). The van der Waals surface area contributed by atoms with Crippen LogP contribution in [0, 0.1) is 34.5 Å². The van der Waals surface area contributed by atoms with E-state index in [0.29, 0.717) is 137 Å². The van der Waals surface area contributed by atoms with Gasteiger partial charge in [0.1, 0.15) is 41.1 Å². The van der Waals surface area contributed by atoms with Gasteiger partial charge in [0, 0.05) is 78.7 Å². The molecule has 4 aliphatic heterocycles. The van der Waals surface area contributed by atoms with Crippen molar-refractivity contribution in [1.82, 2.24) is 29.7 Å².